The third-order valence-electron chi connectivity index (χ3n) is 6.86. The number of amides is 2. The van der Waals surface area contributed by atoms with Gasteiger partial charge in [-0.15, -0.1) is 0 Å². The first-order valence-corrected chi connectivity index (χ1v) is 12.9. The second kappa shape index (κ2) is 11.4. The molecule has 9 heteroatoms. The van der Waals surface area contributed by atoms with Crippen LogP contribution < -0.4 is 16.0 Å². The van der Waals surface area contributed by atoms with E-state index in [0.29, 0.717) is 23.6 Å². The van der Waals surface area contributed by atoms with E-state index in [0.717, 1.165) is 37.7 Å². The van der Waals surface area contributed by atoms with E-state index >= 15 is 0 Å². The monoisotopic (exact) mass is 514 g/mol. The summed E-state index contributed by atoms with van der Waals surface area (Å²) in [6.07, 6.45) is 8.40. The Morgan fingerprint density at radius 3 is 2.42 bits per heavy atom. The smallest absolute Gasteiger partial charge is 0.271 e. The van der Waals surface area contributed by atoms with Gasteiger partial charge in [-0.05, 0) is 68.4 Å². The van der Waals surface area contributed by atoms with Crippen LogP contribution in [0.4, 0.5) is 10.2 Å². The molecule has 38 heavy (non-hydrogen) atoms. The lowest BCUT2D eigenvalue weighted by molar-refractivity contribution is 0.0890. The number of halogens is 1. The summed E-state index contributed by atoms with van der Waals surface area (Å²) in [6.45, 7) is 2.59. The van der Waals surface area contributed by atoms with Crippen molar-refractivity contribution in [1.82, 2.24) is 25.0 Å². The third kappa shape index (κ3) is 6.16. The quantitative estimate of drug-likeness (QED) is 0.326. The van der Waals surface area contributed by atoms with E-state index in [-0.39, 0.29) is 29.6 Å². The molecule has 0 atom stereocenters. The number of carbonyl (C=O) groups excluding carboxylic acids is 2. The Hall–Kier alpha value is -4.27. The molecule has 3 N–H and O–H groups in total. The van der Waals surface area contributed by atoms with Crippen LogP contribution in [0.3, 0.4) is 0 Å². The highest BCUT2D eigenvalue weighted by atomic mass is 19.1. The van der Waals surface area contributed by atoms with Gasteiger partial charge in [-0.25, -0.2) is 14.4 Å². The van der Waals surface area contributed by atoms with Gasteiger partial charge in [0, 0.05) is 37.2 Å². The van der Waals surface area contributed by atoms with Crippen LogP contribution in [-0.4, -0.2) is 44.8 Å². The molecule has 1 aliphatic rings. The van der Waals surface area contributed by atoms with Gasteiger partial charge in [0.25, 0.3) is 11.8 Å². The molecule has 1 saturated carbocycles. The van der Waals surface area contributed by atoms with E-state index in [4.69, 9.17) is 0 Å². The van der Waals surface area contributed by atoms with Gasteiger partial charge in [-0.2, -0.15) is 0 Å². The minimum Gasteiger partial charge on any atom is -0.369 e. The Bertz CT molecular complexity index is 1430. The van der Waals surface area contributed by atoms with Crippen LogP contribution in [-0.2, 0) is 6.42 Å². The molecule has 3 aromatic heterocycles. The molecule has 0 radical (unpaired) electrons. The molecule has 0 spiro atoms. The van der Waals surface area contributed by atoms with Crippen LogP contribution in [0.2, 0.25) is 0 Å². The normalized spacial score (nSPS) is 17.2. The van der Waals surface area contributed by atoms with Gasteiger partial charge in [-0.1, -0.05) is 30.3 Å². The lowest BCUT2D eigenvalue weighted by Crippen LogP contribution is -2.44. The Morgan fingerprint density at radius 1 is 0.974 bits per heavy atom. The molecule has 2 amide bonds. The van der Waals surface area contributed by atoms with Crippen molar-refractivity contribution >= 4 is 23.3 Å². The van der Waals surface area contributed by atoms with Gasteiger partial charge >= 0.3 is 0 Å². The summed E-state index contributed by atoms with van der Waals surface area (Å²) in [5, 5.41) is 9.50. The molecule has 5 rings (SSSR count). The maximum atomic E-state index is 13.4. The van der Waals surface area contributed by atoms with Crippen LogP contribution in [0.25, 0.3) is 5.65 Å². The standard InChI is InChI=1S/C29H31FN6O2/c1-19-15-24(27(32-16-19)31-14-13-20-5-3-2-4-6-20)28(37)33-22-8-10-23(11-9-22)34-29(38)25-18-36-17-21(30)7-12-26(36)35-25/h2-7,12,15-18,22-23H,8-11,13-14H2,1H3,(H,31,32)(H,33,37)(H,34,38). The lowest BCUT2D eigenvalue weighted by atomic mass is 9.91. The molecule has 0 aliphatic heterocycles. The van der Waals surface area contributed by atoms with E-state index in [1.165, 1.54) is 34.5 Å². The number of nitrogens with zero attached hydrogens (tertiary/aromatic N) is 3. The number of carbonyl (C=O) groups is 2. The SMILES string of the molecule is Cc1cnc(NCCc2ccccc2)c(C(=O)NC2CCC(NC(=O)c3cn4cc(F)ccc4n3)CC2)c1. The van der Waals surface area contributed by atoms with Crippen LogP contribution in [0, 0.1) is 12.7 Å². The number of imidazole rings is 1. The van der Waals surface area contributed by atoms with Crippen LogP contribution in [0.5, 0.6) is 0 Å². The maximum Gasteiger partial charge on any atom is 0.271 e. The van der Waals surface area contributed by atoms with E-state index in [1.807, 2.05) is 31.2 Å². The summed E-state index contributed by atoms with van der Waals surface area (Å²) >= 11 is 0. The number of hydrogen-bond acceptors (Lipinski definition) is 5. The van der Waals surface area contributed by atoms with Gasteiger partial charge in [0.2, 0.25) is 0 Å². The van der Waals surface area contributed by atoms with Crippen molar-refractivity contribution in [2.45, 2.75) is 51.1 Å². The maximum absolute atomic E-state index is 13.4. The summed E-state index contributed by atoms with van der Waals surface area (Å²) < 4.78 is 14.9. The number of fused-ring (bicyclic) bond motifs is 1. The van der Waals surface area contributed by atoms with Crippen molar-refractivity contribution < 1.29 is 14.0 Å². The van der Waals surface area contributed by atoms with Gasteiger partial charge in [0.15, 0.2) is 0 Å². The minimum atomic E-state index is -0.390. The molecule has 8 nitrogen and oxygen atoms in total. The fraction of sp³-hybridized carbons (Fsp3) is 0.310. The molecular weight excluding hydrogens is 483 g/mol. The number of rotatable bonds is 8. The first-order chi connectivity index (χ1) is 18.4. The Morgan fingerprint density at radius 2 is 1.68 bits per heavy atom. The molecule has 3 heterocycles. The zero-order valence-electron chi connectivity index (χ0n) is 21.3. The van der Waals surface area contributed by atoms with Crippen molar-refractivity contribution in [2.75, 3.05) is 11.9 Å². The number of hydrogen-bond donors (Lipinski definition) is 3. The largest absolute Gasteiger partial charge is 0.369 e. The van der Waals surface area contributed by atoms with E-state index < -0.39 is 5.82 Å². The molecule has 0 bridgehead atoms. The summed E-state index contributed by atoms with van der Waals surface area (Å²) in [5.74, 6) is -0.234. The summed E-state index contributed by atoms with van der Waals surface area (Å²) in [5.41, 5.74) is 3.45. The van der Waals surface area contributed by atoms with E-state index in [2.05, 4.69) is 38.1 Å². The van der Waals surface area contributed by atoms with E-state index in [1.54, 1.807) is 6.20 Å². The highest BCUT2D eigenvalue weighted by Gasteiger charge is 2.26. The number of anilines is 1. The second-order valence-corrected chi connectivity index (χ2v) is 9.81. The third-order valence-corrected chi connectivity index (χ3v) is 6.86. The second-order valence-electron chi connectivity index (χ2n) is 9.81. The zero-order chi connectivity index (χ0) is 26.5. The molecule has 196 valence electrons. The summed E-state index contributed by atoms with van der Waals surface area (Å²) in [4.78, 5) is 34.6. The van der Waals surface area contributed by atoms with Crippen molar-refractivity contribution in [2.24, 2.45) is 0 Å². The lowest BCUT2D eigenvalue weighted by Gasteiger charge is -2.29. The zero-order valence-corrected chi connectivity index (χ0v) is 21.3. The van der Waals surface area contributed by atoms with Gasteiger partial charge in [0.1, 0.15) is 23.0 Å². The first kappa shape index (κ1) is 25.4. The molecule has 4 aromatic rings. The van der Waals surface area contributed by atoms with Gasteiger partial charge < -0.3 is 20.4 Å². The summed E-state index contributed by atoms with van der Waals surface area (Å²) in [6, 6.07) is 14.9. The minimum absolute atomic E-state index is 0.00643. The number of nitrogens with one attached hydrogen (secondary N) is 3. The van der Waals surface area contributed by atoms with Crippen molar-refractivity contribution in [3.8, 4) is 0 Å². The van der Waals surface area contributed by atoms with Crippen molar-refractivity contribution in [3.63, 3.8) is 0 Å². The molecule has 1 aliphatic carbocycles. The van der Waals surface area contributed by atoms with Gasteiger partial charge in [0.05, 0.1) is 5.56 Å². The average Bonchev–Trinajstić information content (AvgIpc) is 3.35. The molecule has 1 fully saturated rings. The fourth-order valence-electron chi connectivity index (χ4n) is 4.83. The first-order valence-electron chi connectivity index (χ1n) is 12.9. The van der Waals surface area contributed by atoms with Crippen LogP contribution >= 0.6 is 0 Å². The molecular formula is C29H31FN6O2. The molecule has 1 aromatic carbocycles. The highest BCUT2D eigenvalue weighted by molar-refractivity contribution is 5.99. The Labute approximate surface area is 220 Å². The van der Waals surface area contributed by atoms with Gasteiger partial charge in [-0.3, -0.25) is 9.59 Å². The highest BCUT2D eigenvalue weighted by Crippen LogP contribution is 2.21. The molecule has 0 saturated heterocycles. The number of aryl methyl sites for hydroxylation is 1. The Kier molecular flexibility index (Phi) is 7.62. The average molecular weight is 515 g/mol. The van der Waals surface area contributed by atoms with Crippen LogP contribution in [0.15, 0.2) is 67.1 Å². The summed E-state index contributed by atoms with van der Waals surface area (Å²) in [7, 11) is 0. The number of pyridine rings is 2. The van der Waals surface area contributed by atoms with Crippen molar-refractivity contribution in [3.05, 3.63) is 95.3 Å². The van der Waals surface area contributed by atoms with E-state index in [9.17, 15) is 14.0 Å². The molecule has 0 unspecified atom stereocenters. The van der Waals surface area contributed by atoms with Crippen molar-refractivity contribution in [1.29, 1.82) is 0 Å². The number of benzene rings is 1. The Balaban J connectivity index is 1.13. The number of aromatic nitrogens is 3. The topological polar surface area (TPSA) is 100 Å². The predicted octanol–water partition coefficient (Wildman–Crippen LogP) is 4.30. The predicted molar refractivity (Wildman–Crippen MR) is 144 cm³/mol. The fourth-order valence-corrected chi connectivity index (χ4v) is 4.83. The van der Waals surface area contributed by atoms with Crippen LogP contribution in [0.1, 0.15) is 57.7 Å².